The van der Waals surface area contributed by atoms with Crippen LogP contribution in [0.15, 0.2) is 107 Å². The zero-order chi connectivity index (χ0) is 45.7. The maximum Gasteiger partial charge on any atom is 0.295 e. The number of nitrogens with zero attached hydrogens (tertiary/aromatic N) is 8. The van der Waals surface area contributed by atoms with Crippen molar-refractivity contribution < 1.29 is 46.4 Å². The average molecular weight is 916 g/mol. The Bertz CT molecular complexity index is 2570. The molecule has 9 N–H and O–H groups in total. The minimum Gasteiger partial charge on any atom is -0.395 e. The Balaban J connectivity index is 1.31. The first-order valence-electron chi connectivity index (χ1n) is 19.5. The van der Waals surface area contributed by atoms with Crippen molar-refractivity contribution in [3.8, 4) is 0 Å². The van der Waals surface area contributed by atoms with Crippen LogP contribution in [-0.4, -0.2) is 129 Å². The largest absolute Gasteiger partial charge is 0.395 e. The van der Waals surface area contributed by atoms with E-state index in [2.05, 4.69) is 45.9 Å². The van der Waals surface area contributed by atoms with Gasteiger partial charge in [-0.1, -0.05) is 66.7 Å². The van der Waals surface area contributed by atoms with Crippen molar-refractivity contribution in [2.45, 2.75) is 16.2 Å². The van der Waals surface area contributed by atoms with Crippen LogP contribution in [0.2, 0.25) is 0 Å². The highest BCUT2D eigenvalue weighted by atomic mass is 32.2. The number of rotatable bonds is 22. The molecular weight excluding hydrogens is 871 g/mol. The molecule has 64 heavy (non-hydrogen) atoms. The first kappa shape index (κ1) is 46.8. The molecular formula is C41H45N11O10S2. The Labute approximate surface area is 368 Å². The minimum absolute atomic E-state index is 0.0268. The number of hydrogen-bond acceptors (Lipinski definition) is 19. The molecule has 0 aliphatic heterocycles. The van der Waals surface area contributed by atoms with Gasteiger partial charge < -0.3 is 46.2 Å². The van der Waals surface area contributed by atoms with Gasteiger partial charge in [0.05, 0.1) is 26.4 Å². The van der Waals surface area contributed by atoms with Crippen LogP contribution in [-0.2, 0) is 26.7 Å². The van der Waals surface area contributed by atoms with Gasteiger partial charge >= 0.3 is 0 Å². The molecule has 4 aromatic carbocycles. The van der Waals surface area contributed by atoms with E-state index in [4.69, 9.17) is 0 Å². The molecule has 23 heteroatoms. The molecule has 21 nitrogen and oxygen atoms in total. The van der Waals surface area contributed by atoms with E-state index >= 15 is 0 Å². The number of aliphatic hydroxyl groups excluding tert-OH is 4. The normalized spacial score (nSPS) is 11.7. The van der Waals surface area contributed by atoms with E-state index in [1.807, 2.05) is 24.3 Å². The van der Waals surface area contributed by atoms with Crippen molar-refractivity contribution in [2.24, 2.45) is 0 Å². The number of aromatic nitrogens is 6. The van der Waals surface area contributed by atoms with Crippen LogP contribution in [0.1, 0.15) is 22.5 Å². The van der Waals surface area contributed by atoms with Gasteiger partial charge in [0.2, 0.25) is 29.7 Å². The Morgan fingerprint density at radius 3 is 1.38 bits per heavy atom. The molecule has 0 fully saturated rings. The lowest BCUT2D eigenvalue weighted by Crippen LogP contribution is -2.32. The zero-order valence-electron chi connectivity index (χ0n) is 34.0. The van der Waals surface area contributed by atoms with E-state index in [0.29, 0.717) is 16.9 Å². The monoisotopic (exact) mass is 915 g/mol. The molecule has 6 aromatic rings. The molecule has 0 atom stereocenters. The van der Waals surface area contributed by atoms with Gasteiger partial charge in [-0.05, 0) is 59.2 Å². The van der Waals surface area contributed by atoms with Crippen molar-refractivity contribution in [1.29, 1.82) is 0 Å². The maximum atomic E-state index is 12.7. The van der Waals surface area contributed by atoms with Crippen molar-refractivity contribution in [3.05, 3.63) is 120 Å². The van der Waals surface area contributed by atoms with E-state index in [1.54, 1.807) is 47.4 Å². The summed E-state index contributed by atoms with van der Waals surface area (Å²) < 4.78 is 71.6. The summed E-state index contributed by atoms with van der Waals surface area (Å²) in [7, 11) is -9.77. The Morgan fingerprint density at radius 2 is 0.906 bits per heavy atom. The van der Waals surface area contributed by atoms with Crippen LogP contribution in [0, 0.1) is 0 Å². The molecule has 0 saturated heterocycles. The van der Waals surface area contributed by atoms with Crippen molar-refractivity contribution in [3.63, 3.8) is 0 Å². The zero-order valence-corrected chi connectivity index (χ0v) is 35.6. The van der Waals surface area contributed by atoms with Crippen LogP contribution >= 0.6 is 0 Å². The molecule has 2 heterocycles. The number of anilines is 8. The first-order valence-corrected chi connectivity index (χ1v) is 22.4. The number of nitrogens with one attached hydrogen (secondary N) is 3. The van der Waals surface area contributed by atoms with Crippen molar-refractivity contribution in [1.82, 2.24) is 29.9 Å². The Kier molecular flexibility index (Phi) is 15.8. The number of hydrogen-bond donors (Lipinski definition) is 9. The highest BCUT2D eigenvalue weighted by molar-refractivity contribution is 7.86. The van der Waals surface area contributed by atoms with Gasteiger partial charge in [-0.3, -0.25) is 9.11 Å². The van der Waals surface area contributed by atoms with E-state index in [-0.39, 0.29) is 111 Å². The summed E-state index contributed by atoms with van der Waals surface area (Å²) in [4.78, 5) is 28.7. The molecule has 336 valence electrons. The standard InChI is InChI=1S/C41H45N11O10S2/c53-21-17-51(18-22-54)40-46-36(45-37(48-40)42-31-7-3-1-4-8-31)26-28-11-12-29(34(25-28)63(57,58)59)13-14-30-15-16-33(27-35(30)64(60,61)62)44-39-47-38(43-32-9-5-2-6-10-32)49-41(50-39)52(19-23-55)20-24-56/h1-16,25,27,53-56H,17-24,26H2,(H,57,58,59)(H,60,61,62)(H,42,45,46,48)(H2,43,44,47,49,50)/b14-13+. The summed E-state index contributed by atoms with van der Waals surface area (Å²) in [6.45, 7) is -0.686. The predicted molar refractivity (Wildman–Crippen MR) is 239 cm³/mol. The highest BCUT2D eigenvalue weighted by Gasteiger charge is 2.21. The van der Waals surface area contributed by atoms with Crippen LogP contribution < -0.4 is 25.8 Å². The maximum absolute atomic E-state index is 12.7. The average Bonchev–Trinajstić information content (AvgIpc) is 3.26. The summed E-state index contributed by atoms with van der Waals surface area (Å²) in [5, 5.41) is 47.6. The van der Waals surface area contributed by atoms with E-state index in [9.17, 15) is 46.4 Å². The van der Waals surface area contributed by atoms with Gasteiger partial charge in [-0.25, -0.2) is 0 Å². The molecule has 0 aliphatic rings. The quantitative estimate of drug-likeness (QED) is 0.0349. The Hall–Kier alpha value is -6.70. The van der Waals surface area contributed by atoms with Gasteiger partial charge in [0.1, 0.15) is 15.6 Å². The molecule has 2 aromatic heterocycles. The van der Waals surface area contributed by atoms with E-state index < -0.39 is 30.0 Å². The molecule has 0 spiro atoms. The molecule has 0 saturated carbocycles. The minimum atomic E-state index is -4.90. The predicted octanol–water partition coefficient (Wildman–Crippen LogP) is 3.12. The first-order chi connectivity index (χ1) is 30.8. The fraction of sp³-hybridized carbons (Fsp3) is 0.220. The van der Waals surface area contributed by atoms with Gasteiger partial charge in [-0.2, -0.15) is 46.7 Å². The second-order valence-corrected chi connectivity index (χ2v) is 16.5. The lowest BCUT2D eigenvalue weighted by atomic mass is 10.1. The third-order valence-corrected chi connectivity index (χ3v) is 10.9. The number of para-hydroxylation sites is 2. The van der Waals surface area contributed by atoms with Gasteiger partial charge in [0.15, 0.2) is 0 Å². The molecule has 0 unspecified atom stereocenters. The lowest BCUT2D eigenvalue weighted by molar-refractivity contribution is 0.279. The highest BCUT2D eigenvalue weighted by Crippen LogP contribution is 2.28. The summed E-state index contributed by atoms with van der Waals surface area (Å²) in [5.74, 6) is 0.576. The third kappa shape index (κ3) is 12.9. The Morgan fingerprint density at radius 1 is 0.484 bits per heavy atom. The van der Waals surface area contributed by atoms with E-state index in [1.165, 1.54) is 41.3 Å². The molecule has 0 bridgehead atoms. The topological polar surface area (TPSA) is 310 Å². The van der Waals surface area contributed by atoms with Crippen LogP contribution in [0.5, 0.6) is 0 Å². The van der Waals surface area contributed by atoms with Crippen LogP contribution in [0.4, 0.5) is 46.8 Å². The second-order valence-electron chi connectivity index (χ2n) is 13.7. The van der Waals surface area contributed by atoms with Crippen molar-refractivity contribution in [2.75, 3.05) is 78.4 Å². The smallest absolute Gasteiger partial charge is 0.295 e. The molecule has 6 rings (SSSR count). The number of benzene rings is 4. The molecule has 0 amide bonds. The van der Waals surface area contributed by atoms with E-state index in [0.717, 1.165) is 6.07 Å². The van der Waals surface area contributed by atoms with Gasteiger partial charge in [0.25, 0.3) is 20.2 Å². The van der Waals surface area contributed by atoms with Gasteiger partial charge in [0, 0.05) is 49.7 Å². The SMILES string of the molecule is O=S(=O)(O)c1cc(Cc2nc(Nc3ccccc3)nc(N(CCO)CCO)n2)ccc1/C=C/c1ccc(Nc2nc(Nc3ccccc3)nc(N(CCO)CCO)n2)cc1S(=O)(=O)O. The summed E-state index contributed by atoms with van der Waals surface area (Å²) in [5.41, 5.74) is 1.70. The second kappa shape index (κ2) is 21.6. The fourth-order valence-corrected chi connectivity index (χ4v) is 7.67. The van der Waals surface area contributed by atoms with Gasteiger partial charge in [-0.15, -0.1) is 0 Å². The summed E-state index contributed by atoms with van der Waals surface area (Å²) in [6, 6.07) is 26.1. The number of aliphatic hydroxyl groups is 4. The third-order valence-electron chi connectivity index (χ3n) is 9.11. The molecule has 0 aliphatic carbocycles. The molecule has 0 radical (unpaired) electrons. The summed E-state index contributed by atoms with van der Waals surface area (Å²) >= 11 is 0. The lowest BCUT2D eigenvalue weighted by Gasteiger charge is -2.21. The van der Waals surface area contributed by atoms with Crippen LogP contribution in [0.3, 0.4) is 0 Å². The van der Waals surface area contributed by atoms with Crippen molar-refractivity contribution >= 4 is 79.2 Å². The summed E-state index contributed by atoms with van der Waals surface area (Å²) in [6.07, 6.45) is 2.45. The van der Waals surface area contributed by atoms with Crippen LogP contribution in [0.25, 0.3) is 12.2 Å². The fourth-order valence-electron chi connectivity index (χ4n) is 6.22.